The SMILES string of the molecule is CNC(=O)c1cc(Cl)ncc1NC(=O)C1(c2ccccc2C(C)C)CN(C2CC(F)(F)C2)C1. The Morgan fingerprint density at radius 3 is 2.48 bits per heavy atom. The Morgan fingerprint density at radius 1 is 1.21 bits per heavy atom. The summed E-state index contributed by atoms with van der Waals surface area (Å²) in [7, 11) is 1.49. The monoisotopic (exact) mass is 476 g/mol. The number of aromatic nitrogens is 1. The third kappa shape index (κ3) is 4.34. The maximum atomic E-state index is 13.8. The molecule has 1 saturated heterocycles. The number of rotatable bonds is 6. The van der Waals surface area contributed by atoms with E-state index < -0.39 is 17.2 Å². The number of likely N-dealkylation sites (tertiary alicyclic amines) is 1. The second-order valence-electron chi connectivity index (χ2n) is 9.23. The molecule has 0 atom stereocenters. The van der Waals surface area contributed by atoms with Crippen molar-refractivity contribution in [3.05, 3.63) is 58.4 Å². The molecule has 2 amide bonds. The molecular weight excluding hydrogens is 450 g/mol. The summed E-state index contributed by atoms with van der Waals surface area (Å²) in [5.74, 6) is -3.16. The van der Waals surface area contributed by atoms with Gasteiger partial charge in [0.1, 0.15) is 5.15 Å². The summed E-state index contributed by atoms with van der Waals surface area (Å²) < 4.78 is 26.9. The first-order valence-corrected chi connectivity index (χ1v) is 11.3. The normalized spacial score (nSPS) is 19.5. The first-order chi connectivity index (χ1) is 15.6. The molecule has 176 valence electrons. The smallest absolute Gasteiger partial charge is 0.253 e. The number of halogens is 3. The number of carbonyl (C=O) groups excluding carboxylic acids is 2. The molecule has 0 radical (unpaired) electrons. The highest BCUT2D eigenvalue weighted by Gasteiger charge is 2.58. The standard InChI is InChI=1S/C24H27ClF2N4O2/c1-14(2)16-6-4-5-7-18(16)23(12-31(13-23)15-9-24(26,27)10-15)22(33)30-19-11-29-20(25)8-17(19)21(32)28-3/h4-8,11,14-15H,9-10,12-13H2,1-3H3,(H,28,32)(H,30,33). The Labute approximate surface area is 196 Å². The molecule has 33 heavy (non-hydrogen) atoms. The van der Waals surface area contributed by atoms with Crippen molar-refractivity contribution in [1.29, 1.82) is 0 Å². The summed E-state index contributed by atoms with van der Waals surface area (Å²) in [6, 6.07) is 8.91. The van der Waals surface area contributed by atoms with Gasteiger partial charge in [0.05, 0.1) is 22.9 Å². The number of benzene rings is 1. The fourth-order valence-electron chi connectivity index (χ4n) is 4.76. The van der Waals surface area contributed by atoms with E-state index in [0.29, 0.717) is 13.1 Å². The van der Waals surface area contributed by atoms with Gasteiger partial charge in [-0.05, 0) is 23.1 Å². The zero-order valence-electron chi connectivity index (χ0n) is 18.8. The van der Waals surface area contributed by atoms with Crippen LogP contribution in [0.3, 0.4) is 0 Å². The molecule has 1 aliphatic carbocycles. The van der Waals surface area contributed by atoms with Gasteiger partial charge >= 0.3 is 0 Å². The van der Waals surface area contributed by atoms with E-state index in [1.807, 2.05) is 29.2 Å². The Morgan fingerprint density at radius 2 is 1.88 bits per heavy atom. The van der Waals surface area contributed by atoms with Crippen LogP contribution >= 0.6 is 11.6 Å². The third-order valence-corrected chi connectivity index (χ3v) is 6.86. The van der Waals surface area contributed by atoms with Crippen LogP contribution in [-0.4, -0.2) is 53.8 Å². The van der Waals surface area contributed by atoms with Crippen molar-refractivity contribution in [2.75, 3.05) is 25.5 Å². The van der Waals surface area contributed by atoms with Crippen molar-refractivity contribution in [2.45, 2.75) is 50.0 Å². The average Bonchev–Trinajstić information content (AvgIpc) is 2.72. The molecule has 4 rings (SSSR count). The van der Waals surface area contributed by atoms with Crippen LogP contribution in [0, 0.1) is 0 Å². The number of nitrogens with one attached hydrogen (secondary N) is 2. The highest BCUT2D eigenvalue weighted by molar-refractivity contribution is 6.30. The van der Waals surface area contributed by atoms with Gasteiger partial charge in [0.2, 0.25) is 5.91 Å². The lowest BCUT2D eigenvalue weighted by Crippen LogP contribution is -2.70. The molecule has 6 nitrogen and oxygen atoms in total. The first-order valence-electron chi connectivity index (χ1n) is 11.0. The zero-order valence-corrected chi connectivity index (χ0v) is 19.5. The number of hydrogen-bond donors (Lipinski definition) is 2. The van der Waals surface area contributed by atoms with Crippen LogP contribution in [0.25, 0.3) is 0 Å². The molecule has 0 bridgehead atoms. The lowest BCUT2D eigenvalue weighted by Gasteiger charge is -2.56. The van der Waals surface area contributed by atoms with Crippen molar-refractivity contribution in [2.24, 2.45) is 0 Å². The minimum absolute atomic E-state index is 0.132. The van der Waals surface area contributed by atoms with Gasteiger partial charge in [0.15, 0.2) is 0 Å². The lowest BCUT2D eigenvalue weighted by atomic mass is 9.67. The minimum Gasteiger partial charge on any atom is -0.355 e. The van der Waals surface area contributed by atoms with Crippen molar-refractivity contribution in [3.63, 3.8) is 0 Å². The Balaban J connectivity index is 1.67. The van der Waals surface area contributed by atoms with Gasteiger partial charge in [0.25, 0.3) is 11.8 Å². The second kappa shape index (κ2) is 8.65. The van der Waals surface area contributed by atoms with Crippen LogP contribution in [0.1, 0.15) is 54.1 Å². The predicted octanol–water partition coefficient (Wildman–Crippen LogP) is 4.21. The largest absolute Gasteiger partial charge is 0.355 e. The maximum Gasteiger partial charge on any atom is 0.253 e. The Kier molecular flexibility index (Phi) is 6.18. The number of carbonyl (C=O) groups is 2. The van der Waals surface area contributed by atoms with Gasteiger partial charge in [-0.3, -0.25) is 14.5 Å². The predicted molar refractivity (Wildman–Crippen MR) is 123 cm³/mol. The average molecular weight is 477 g/mol. The van der Waals surface area contributed by atoms with Crippen molar-refractivity contribution in [3.8, 4) is 0 Å². The molecule has 0 unspecified atom stereocenters. The molecule has 2 fully saturated rings. The third-order valence-electron chi connectivity index (χ3n) is 6.65. The topological polar surface area (TPSA) is 74.3 Å². The lowest BCUT2D eigenvalue weighted by molar-refractivity contribution is -0.156. The van der Waals surface area contributed by atoms with E-state index in [9.17, 15) is 18.4 Å². The van der Waals surface area contributed by atoms with E-state index in [1.165, 1.54) is 19.3 Å². The molecule has 2 aliphatic rings. The number of hydrogen-bond acceptors (Lipinski definition) is 4. The fourth-order valence-corrected chi connectivity index (χ4v) is 4.92. The minimum atomic E-state index is -2.63. The maximum absolute atomic E-state index is 13.8. The van der Waals surface area contributed by atoms with E-state index in [4.69, 9.17) is 11.6 Å². The van der Waals surface area contributed by atoms with E-state index >= 15 is 0 Å². The van der Waals surface area contributed by atoms with E-state index in [1.54, 1.807) is 0 Å². The van der Waals surface area contributed by atoms with Crippen LogP contribution in [0.15, 0.2) is 36.5 Å². The van der Waals surface area contributed by atoms with Crippen molar-refractivity contribution >= 4 is 29.1 Å². The van der Waals surface area contributed by atoms with Crippen LogP contribution in [-0.2, 0) is 10.2 Å². The number of alkyl halides is 2. The van der Waals surface area contributed by atoms with Crippen LogP contribution < -0.4 is 10.6 Å². The van der Waals surface area contributed by atoms with Gasteiger partial charge in [-0.25, -0.2) is 13.8 Å². The van der Waals surface area contributed by atoms with Crippen LogP contribution in [0.4, 0.5) is 14.5 Å². The quantitative estimate of drug-likeness (QED) is 0.612. The summed E-state index contributed by atoms with van der Waals surface area (Å²) in [6.45, 7) is 4.78. The summed E-state index contributed by atoms with van der Waals surface area (Å²) in [5, 5.41) is 5.54. The molecule has 2 heterocycles. The summed E-state index contributed by atoms with van der Waals surface area (Å²) in [5.41, 5.74) is 1.44. The zero-order chi connectivity index (χ0) is 24.0. The second-order valence-corrected chi connectivity index (χ2v) is 9.62. The molecule has 1 aliphatic heterocycles. The van der Waals surface area contributed by atoms with Gasteiger partial charge < -0.3 is 10.6 Å². The number of pyridine rings is 1. The van der Waals surface area contributed by atoms with Crippen molar-refractivity contribution in [1.82, 2.24) is 15.2 Å². The van der Waals surface area contributed by atoms with E-state index in [-0.39, 0.29) is 47.1 Å². The molecule has 1 aromatic heterocycles. The number of nitrogens with zero attached hydrogens (tertiary/aromatic N) is 2. The molecule has 0 spiro atoms. The molecular formula is C24H27ClF2N4O2. The Bertz CT molecular complexity index is 1080. The fraction of sp³-hybridized carbons (Fsp3) is 0.458. The van der Waals surface area contributed by atoms with E-state index in [2.05, 4.69) is 29.5 Å². The van der Waals surface area contributed by atoms with Crippen LogP contribution in [0.2, 0.25) is 5.15 Å². The highest BCUT2D eigenvalue weighted by atomic mass is 35.5. The summed E-state index contributed by atoms with van der Waals surface area (Å²) >= 11 is 5.96. The molecule has 1 saturated carbocycles. The summed E-state index contributed by atoms with van der Waals surface area (Å²) in [4.78, 5) is 32.1. The molecule has 2 aromatic rings. The van der Waals surface area contributed by atoms with Gasteiger partial charge in [-0.15, -0.1) is 0 Å². The van der Waals surface area contributed by atoms with Gasteiger partial charge in [0, 0.05) is 39.0 Å². The Hall–Kier alpha value is -2.58. The number of amides is 2. The molecule has 2 N–H and O–H groups in total. The highest BCUT2D eigenvalue weighted by Crippen LogP contribution is 2.47. The number of anilines is 1. The van der Waals surface area contributed by atoms with Crippen LogP contribution in [0.5, 0.6) is 0 Å². The molecule has 1 aromatic carbocycles. The first kappa shape index (κ1) is 23.6. The van der Waals surface area contributed by atoms with Crippen molar-refractivity contribution < 1.29 is 18.4 Å². The molecule has 9 heteroatoms. The van der Waals surface area contributed by atoms with Gasteiger partial charge in [-0.2, -0.15) is 0 Å². The summed E-state index contributed by atoms with van der Waals surface area (Å²) in [6.07, 6.45) is 0.993. The van der Waals surface area contributed by atoms with E-state index in [0.717, 1.165) is 11.1 Å². The van der Waals surface area contributed by atoms with Gasteiger partial charge in [-0.1, -0.05) is 49.7 Å².